The van der Waals surface area contributed by atoms with Crippen molar-refractivity contribution in [2.75, 3.05) is 25.5 Å². The van der Waals surface area contributed by atoms with Gasteiger partial charge in [0.1, 0.15) is 5.82 Å². The van der Waals surface area contributed by atoms with Crippen molar-refractivity contribution in [3.05, 3.63) is 59.2 Å². The largest absolute Gasteiger partial charge is 0.373 e. The van der Waals surface area contributed by atoms with E-state index in [1.165, 1.54) is 16.5 Å². The maximum Gasteiger partial charge on any atom is 0.220 e. The summed E-state index contributed by atoms with van der Waals surface area (Å²) in [5.74, 6) is 1.78. The van der Waals surface area contributed by atoms with Crippen LogP contribution in [-0.2, 0) is 24.3 Å². The molecule has 1 unspecified atom stereocenters. The van der Waals surface area contributed by atoms with Crippen molar-refractivity contribution in [3.63, 3.8) is 0 Å². The first-order chi connectivity index (χ1) is 15.1. The summed E-state index contributed by atoms with van der Waals surface area (Å²) in [4.78, 5) is 30.6. The maximum absolute atomic E-state index is 12.1. The first-order valence-electron chi connectivity index (χ1n) is 11.0. The van der Waals surface area contributed by atoms with Crippen molar-refractivity contribution in [1.82, 2.24) is 24.8 Å². The van der Waals surface area contributed by atoms with Crippen LogP contribution in [0.5, 0.6) is 0 Å². The van der Waals surface area contributed by atoms with Gasteiger partial charge in [-0.3, -0.25) is 14.7 Å². The van der Waals surface area contributed by atoms with E-state index in [2.05, 4.69) is 39.5 Å². The van der Waals surface area contributed by atoms with Crippen LogP contribution in [0.4, 0.5) is 5.82 Å². The summed E-state index contributed by atoms with van der Waals surface area (Å²) in [6, 6.07) is 10.6. The molecule has 2 aliphatic heterocycles. The first-order valence-corrected chi connectivity index (χ1v) is 11.0. The van der Waals surface area contributed by atoms with Gasteiger partial charge in [-0.05, 0) is 43.0 Å². The zero-order valence-electron chi connectivity index (χ0n) is 18.1. The zero-order chi connectivity index (χ0) is 21.4. The molecule has 160 valence electrons. The third-order valence-corrected chi connectivity index (χ3v) is 6.43. The molecule has 1 aromatic carbocycles. The number of carbonyl (C=O) groups excluding carboxylic acids is 1. The summed E-state index contributed by atoms with van der Waals surface area (Å²) >= 11 is 0. The van der Waals surface area contributed by atoms with Gasteiger partial charge in [0.05, 0.1) is 17.3 Å². The quantitative estimate of drug-likeness (QED) is 0.703. The minimum Gasteiger partial charge on any atom is -0.373 e. The highest BCUT2D eigenvalue weighted by Gasteiger charge is 2.32. The lowest BCUT2D eigenvalue weighted by molar-refractivity contribution is -0.129. The predicted molar refractivity (Wildman–Crippen MR) is 121 cm³/mol. The maximum atomic E-state index is 12.1. The molecule has 7 heteroatoms. The fraction of sp³-hybridized carbons (Fsp3) is 0.417. The second-order valence-corrected chi connectivity index (χ2v) is 8.47. The van der Waals surface area contributed by atoms with Gasteiger partial charge in [-0.1, -0.05) is 12.1 Å². The summed E-state index contributed by atoms with van der Waals surface area (Å²) in [6.07, 6.45) is 4.68. The van der Waals surface area contributed by atoms with Gasteiger partial charge in [-0.2, -0.15) is 0 Å². The number of amides is 1. The average molecular weight is 417 g/mol. The summed E-state index contributed by atoms with van der Waals surface area (Å²) in [7, 11) is 1.92. The molecule has 0 bridgehead atoms. The number of pyridine rings is 1. The minimum absolute atomic E-state index is 0.0155. The molecule has 5 rings (SSSR count). The Kier molecular flexibility index (Phi) is 5.28. The second-order valence-electron chi connectivity index (χ2n) is 8.47. The molecule has 0 saturated carbocycles. The van der Waals surface area contributed by atoms with Crippen LogP contribution in [0.2, 0.25) is 0 Å². The van der Waals surface area contributed by atoms with E-state index >= 15 is 0 Å². The number of nitrogens with zero attached hydrogens (tertiary/aromatic N) is 5. The second kappa shape index (κ2) is 8.23. The van der Waals surface area contributed by atoms with Crippen molar-refractivity contribution >= 4 is 22.6 Å². The van der Waals surface area contributed by atoms with E-state index in [4.69, 9.17) is 9.97 Å². The molecule has 1 fully saturated rings. The highest BCUT2D eigenvalue weighted by molar-refractivity contribution is 5.78. The zero-order valence-corrected chi connectivity index (χ0v) is 18.1. The molecule has 1 saturated heterocycles. The van der Waals surface area contributed by atoms with Crippen LogP contribution >= 0.6 is 0 Å². The molecule has 2 aromatic heterocycles. The van der Waals surface area contributed by atoms with Gasteiger partial charge in [0, 0.05) is 57.3 Å². The number of benzene rings is 1. The molecule has 0 aliphatic carbocycles. The summed E-state index contributed by atoms with van der Waals surface area (Å²) < 4.78 is 0. The predicted octanol–water partition coefficient (Wildman–Crippen LogP) is 3.31. The Bertz CT molecular complexity index is 1130. The lowest BCUT2D eigenvalue weighted by atomic mass is 10.0. The normalized spacial score (nSPS) is 18.9. The molecule has 2 aliphatic rings. The molecule has 4 heterocycles. The highest BCUT2D eigenvalue weighted by atomic mass is 16.2. The van der Waals surface area contributed by atoms with Crippen LogP contribution in [0, 0.1) is 0 Å². The van der Waals surface area contributed by atoms with Gasteiger partial charge < -0.3 is 10.2 Å². The monoisotopic (exact) mass is 416 g/mol. The van der Waals surface area contributed by atoms with Gasteiger partial charge >= 0.3 is 0 Å². The van der Waals surface area contributed by atoms with Gasteiger partial charge in [0.2, 0.25) is 5.91 Å². The molecule has 31 heavy (non-hydrogen) atoms. The Morgan fingerprint density at radius 1 is 1.23 bits per heavy atom. The standard InChI is InChI=1S/C24H28N6O/c1-16(31)30-11-4-6-22(30)24-27-21-15-29(12-9-19(21)23(25-2)28-24)14-17-7-8-20-18(13-17)5-3-10-26-20/h3,5,7-8,10,13,22H,4,6,9,11-12,14-15H2,1-2H3,(H,25,27,28). The smallest absolute Gasteiger partial charge is 0.220 e. The van der Waals surface area contributed by atoms with E-state index < -0.39 is 0 Å². The molecule has 1 amide bonds. The van der Waals surface area contributed by atoms with Gasteiger partial charge in [-0.25, -0.2) is 9.97 Å². The summed E-state index contributed by atoms with van der Waals surface area (Å²) in [5.41, 5.74) is 4.60. The number of anilines is 1. The fourth-order valence-electron chi connectivity index (χ4n) is 4.89. The van der Waals surface area contributed by atoms with Crippen molar-refractivity contribution in [3.8, 4) is 0 Å². The number of hydrogen-bond acceptors (Lipinski definition) is 6. The SMILES string of the molecule is CNc1nc(C2CCCN2C(C)=O)nc2c1CCN(Cc1ccc3ncccc3c1)C2. The van der Waals surface area contributed by atoms with Crippen LogP contribution in [0.25, 0.3) is 10.9 Å². The van der Waals surface area contributed by atoms with Gasteiger partial charge in [-0.15, -0.1) is 0 Å². The Hall–Kier alpha value is -3.06. The lowest BCUT2D eigenvalue weighted by Crippen LogP contribution is -2.33. The number of aromatic nitrogens is 3. The summed E-state index contributed by atoms with van der Waals surface area (Å²) in [6.45, 7) is 5.06. The van der Waals surface area contributed by atoms with Crippen molar-refractivity contribution in [2.45, 2.75) is 45.3 Å². The Labute approximate surface area is 182 Å². The molecular weight excluding hydrogens is 388 g/mol. The van der Waals surface area contributed by atoms with E-state index in [-0.39, 0.29) is 11.9 Å². The number of likely N-dealkylation sites (tertiary alicyclic amines) is 1. The van der Waals surface area contributed by atoms with E-state index in [1.807, 2.05) is 24.2 Å². The molecule has 1 N–H and O–H groups in total. The van der Waals surface area contributed by atoms with Crippen molar-refractivity contribution in [2.24, 2.45) is 0 Å². The molecule has 3 aromatic rings. The first kappa shape index (κ1) is 19.9. The molecule has 1 atom stereocenters. The molecule has 0 spiro atoms. The summed E-state index contributed by atoms with van der Waals surface area (Å²) in [5, 5.41) is 4.44. The number of fused-ring (bicyclic) bond motifs is 2. The lowest BCUT2D eigenvalue weighted by Gasteiger charge is -2.30. The Morgan fingerprint density at radius 3 is 2.97 bits per heavy atom. The molecular formula is C24H28N6O. The van der Waals surface area contributed by atoms with Crippen LogP contribution in [-0.4, -0.2) is 50.8 Å². The molecule has 0 radical (unpaired) electrons. The fourth-order valence-corrected chi connectivity index (χ4v) is 4.89. The van der Waals surface area contributed by atoms with Crippen LogP contribution in [0.15, 0.2) is 36.5 Å². The van der Waals surface area contributed by atoms with E-state index in [0.29, 0.717) is 0 Å². The Balaban J connectivity index is 1.40. The number of hydrogen-bond donors (Lipinski definition) is 1. The number of carbonyl (C=O) groups is 1. The highest BCUT2D eigenvalue weighted by Crippen LogP contribution is 2.33. The van der Waals surface area contributed by atoms with Crippen molar-refractivity contribution in [1.29, 1.82) is 0 Å². The topological polar surface area (TPSA) is 74.2 Å². The third-order valence-electron chi connectivity index (χ3n) is 6.43. The van der Waals surface area contributed by atoms with Crippen LogP contribution in [0.3, 0.4) is 0 Å². The number of nitrogens with one attached hydrogen (secondary N) is 1. The van der Waals surface area contributed by atoms with Crippen molar-refractivity contribution < 1.29 is 4.79 Å². The Morgan fingerprint density at radius 2 is 2.13 bits per heavy atom. The van der Waals surface area contributed by atoms with Gasteiger partial charge in [0.15, 0.2) is 5.82 Å². The molecule has 7 nitrogen and oxygen atoms in total. The average Bonchev–Trinajstić information content (AvgIpc) is 3.28. The van der Waals surface area contributed by atoms with Crippen LogP contribution in [0.1, 0.15) is 48.5 Å². The minimum atomic E-state index is -0.0155. The number of rotatable bonds is 4. The van der Waals surface area contributed by atoms with Gasteiger partial charge in [0.25, 0.3) is 0 Å². The van der Waals surface area contributed by atoms with E-state index in [9.17, 15) is 4.79 Å². The third kappa shape index (κ3) is 3.85. The van der Waals surface area contributed by atoms with E-state index in [1.54, 1.807) is 6.92 Å². The van der Waals surface area contributed by atoms with Crippen LogP contribution < -0.4 is 5.32 Å². The van der Waals surface area contributed by atoms with E-state index in [0.717, 1.165) is 68.3 Å².